The third-order valence-electron chi connectivity index (χ3n) is 3.42. The maximum absolute atomic E-state index is 12.7. The number of hydrogen-bond acceptors (Lipinski definition) is 3. The van der Waals surface area contributed by atoms with Crippen molar-refractivity contribution in [3.8, 4) is 0 Å². The maximum atomic E-state index is 12.7. The van der Waals surface area contributed by atoms with Crippen LogP contribution in [0.15, 0.2) is 24.3 Å². The molecule has 1 aliphatic heterocycles. The van der Waals surface area contributed by atoms with Crippen molar-refractivity contribution in [2.75, 3.05) is 10.8 Å². The molecule has 1 unspecified atom stereocenters. The second-order valence-corrected chi connectivity index (χ2v) is 7.16. The highest BCUT2D eigenvalue weighted by atomic mass is 32.2. The predicted molar refractivity (Wildman–Crippen MR) is 81.9 cm³/mol. The summed E-state index contributed by atoms with van der Waals surface area (Å²) in [5.41, 5.74) is 7.42. The molecule has 0 aromatic heterocycles. The quantitative estimate of drug-likeness (QED) is 0.862. The average molecular weight is 298 g/mol. The summed E-state index contributed by atoms with van der Waals surface area (Å²) in [6, 6.07) is 7.60. The zero-order valence-electron chi connectivity index (χ0n) is 10.9. The van der Waals surface area contributed by atoms with Crippen LogP contribution in [0.4, 0.5) is 5.69 Å². The van der Waals surface area contributed by atoms with Crippen LogP contribution in [0.3, 0.4) is 0 Å². The summed E-state index contributed by atoms with van der Waals surface area (Å²) < 4.78 is 26.8. The third kappa shape index (κ3) is 2.60. The van der Waals surface area contributed by atoms with Gasteiger partial charge in [-0.2, -0.15) is 0 Å². The van der Waals surface area contributed by atoms with E-state index in [1.807, 2.05) is 24.3 Å². The highest BCUT2D eigenvalue weighted by molar-refractivity contribution is 7.95. The smallest absolute Gasteiger partial charge is 0.244 e. The maximum Gasteiger partial charge on any atom is 0.244 e. The largest absolute Gasteiger partial charge is 0.392 e. The van der Waals surface area contributed by atoms with E-state index in [4.69, 9.17) is 18.0 Å². The van der Waals surface area contributed by atoms with Gasteiger partial charge in [0.1, 0.15) is 5.25 Å². The van der Waals surface area contributed by atoms with Gasteiger partial charge in [-0.05, 0) is 30.9 Å². The molecule has 4 nitrogen and oxygen atoms in total. The molecule has 0 bridgehead atoms. The lowest BCUT2D eigenvalue weighted by atomic mass is 10.0. The van der Waals surface area contributed by atoms with Crippen LogP contribution in [0.2, 0.25) is 0 Å². The van der Waals surface area contributed by atoms with E-state index in [0.717, 1.165) is 24.1 Å². The van der Waals surface area contributed by atoms with Gasteiger partial charge in [0, 0.05) is 6.54 Å². The Labute approximate surface area is 119 Å². The molecule has 0 spiro atoms. The molecular weight excluding hydrogens is 280 g/mol. The molecule has 1 atom stereocenters. The van der Waals surface area contributed by atoms with Crippen LogP contribution in [0.25, 0.3) is 0 Å². The van der Waals surface area contributed by atoms with Crippen molar-refractivity contribution in [3.63, 3.8) is 0 Å². The number of aryl methyl sites for hydroxylation is 1. The Hall–Kier alpha value is -1.14. The van der Waals surface area contributed by atoms with Crippen LogP contribution in [0, 0.1) is 0 Å². The monoisotopic (exact) mass is 298 g/mol. The van der Waals surface area contributed by atoms with Gasteiger partial charge in [-0.1, -0.05) is 37.3 Å². The molecule has 0 amide bonds. The topological polar surface area (TPSA) is 63.4 Å². The van der Waals surface area contributed by atoms with Crippen LogP contribution < -0.4 is 10.0 Å². The van der Waals surface area contributed by atoms with Crippen molar-refractivity contribution in [1.82, 2.24) is 0 Å². The lowest BCUT2D eigenvalue weighted by molar-refractivity contribution is 0.579. The van der Waals surface area contributed by atoms with Crippen LogP contribution in [-0.4, -0.2) is 25.2 Å². The van der Waals surface area contributed by atoms with E-state index >= 15 is 0 Å². The zero-order valence-corrected chi connectivity index (χ0v) is 12.5. The Morgan fingerprint density at radius 2 is 2.16 bits per heavy atom. The van der Waals surface area contributed by atoms with E-state index in [0.29, 0.717) is 13.0 Å². The van der Waals surface area contributed by atoms with E-state index in [9.17, 15) is 8.42 Å². The molecule has 6 heteroatoms. The molecule has 1 heterocycles. The number of hydrogen-bond donors (Lipinski definition) is 1. The minimum atomic E-state index is -3.52. The Morgan fingerprint density at radius 3 is 2.79 bits per heavy atom. The zero-order chi connectivity index (χ0) is 14.0. The van der Waals surface area contributed by atoms with Crippen molar-refractivity contribution in [2.45, 2.75) is 31.4 Å². The molecule has 1 aromatic rings. The van der Waals surface area contributed by atoms with Crippen LogP contribution >= 0.6 is 12.2 Å². The average Bonchev–Trinajstić information content (AvgIpc) is 2.38. The molecule has 0 aliphatic carbocycles. The predicted octanol–water partition coefficient (Wildman–Crippen LogP) is 1.83. The van der Waals surface area contributed by atoms with Gasteiger partial charge < -0.3 is 5.73 Å². The van der Waals surface area contributed by atoms with E-state index < -0.39 is 15.3 Å². The highest BCUT2D eigenvalue weighted by Crippen LogP contribution is 2.31. The number of benzene rings is 1. The Balaban J connectivity index is 2.45. The van der Waals surface area contributed by atoms with Crippen LogP contribution in [-0.2, 0) is 16.4 Å². The van der Waals surface area contributed by atoms with E-state index in [-0.39, 0.29) is 4.99 Å². The number of rotatable bonds is 4. The van der Waals surface area contributed by atoms with Gasteiger partial charge in [-0.3, -0.25) is 4.31 Å². The Kier molecular flexibility index (Phi) is 4.10. The van der Waals surface area contributed by atoms with Crippen molar-refractivity contribution in [2.24, 2.45) is 5.73 Å². The number of anilines is 1. The van der Waals surface area contributed by atoms with Crippen molar-refractivity contribution in [1.29, 1.82) is 0 Å². The summed E-state index contributed by atoms with van der Waals surface area (Å²) in [5, 5.41) is -0.784. The van der Waals surface area contributed by atoms with Gasteiger partial charge in [0.25, 0.3) is 0 Å². The molecule has 0 saturated heterocycles. The first kappa shape index (κ1) is 14.3. The van der Waals surface area contributed by atoms with Crippen molar-refractivity contribution < 1.29 is 8.42 Å². The third-order valence-corrected chi connectivity index (χ3v) is 6.16. The Morgan fingerprint density at radius 1 is 1.47 bits per heavy atom. The second-order valence-electron chi connectivity index (χ2n) is 4.65. The molecular formula is C13H18N2O2S2. The van der Waals surface area contributed by atoms with Crippen molar-refractivity contribution >= 4 is 32.9 Å². The van der Waals surface area contributed by atoms with Gasteiger partial charge in [0.15, 0.2) is 0 Å². The number of nitrogens with two attached hydrogens (primary N) is 1. The molecule has 0 fully saturated rings. The Bertz CT molecular complexity index is 584. The molecule has 0 saturated carbocycles. The standard InChI is InChI=1S/C13H18N2O2S2/c1-2-12(13(14)18)19(16,17)15-9-5-7-10-6-3-4-8-11(10)15/h3-4,6,8,12H,2,5,7,9H2,1H3,(H2,14,18). The number of fused-ring (bicyclic) bond motifs is 1. The fourth-order valence-corrected chi connectivity index (χ4v) is 4.86. The molecule has 104 valence electrons. The molecule has 0 radical (unpaired) electrons. The van der Waals surface area contributed by atoms with Gasteiger partial charge in [0.2, 0.25) is 10.0 Å². The fourth-order valence-electron chi connectivity index (χ4n) is 2.48. The van der Waals surface area contributed by atoms with Crippen LogP contribution in [0.5, 0.6) is 0 Å². The fraction of sp³-hybridized carbons (Fsp3) is 0.462. The van der Waals surface area contributed by atoms with Crippen LogP contribution in [0.1, 0.15) is 25.3 Å². The first-order chi connectivity index (χ1) is 8.98. The molecule has 19 heavy (non-hydrogen) atoms. The first-order valence-electron chi connectivity index (χ1n) is 6.37. The normalized spacial score (nSPS) is 16.8. The minimum Gasteiger partial charge on any atom is -0.392 e. The summed E-state index contributed by atoms with van der Waals surface area (Å²) in [6.45, 7) is 2.29. The molecule has 1 aliphatic rings. The number of thiocarbonyl (C=S) groups is 1. The molecule has 1 aromatic carbocycles. The number of nitrogens with zero attached hydrogens (tertiary/aromatic N) is 1. The summed E-state index contributed by atoms with van der Waals surface area (Å²) in [7, 11) is -3.52. The molecule has 2 N–H and O–H groups in total. The molecule has 2 rings (SSSR count). The summed E-state index contributed by atoms with van der Waals surface area (Å²) in [6.07, 6.45) is 2.13. The SMILES string of the molecule is CCC(C(N)=S)S(=O)(=O)N1CCCc2ccccc21. The van der Waals surface area contributed by atoms with Crippen molar-refractivity contribution in [3.05, 3.63) is 29.8 Å². The number of sulfonamides is 1. The highest BCUT2D eigenvalue weighted by Gasteiger charge is 2.35. The number of para-hydroxylation sites is 1. The summed E-state index contributed by atoms with van der Waals surface area (Å²) in [5.74, 6) is 0. The van der Waals surface area contributed by atoms with Gasteiger partial charge in [-0.25, -0.2) is 8.42 Å². The van der Waals surface area contributed by atoms with Gasteiger partial charge in [-0.15, -0.1) is 0 Å². The van der Waals surface area contributed by atoms with Gasteiger partial charge >= 0.3 is 0 Å². The second kappa shape index (κ2) is 5.46. The first-order valence-corrected chi connectivity index (χ1v) is 8.28. The van der Waals surface area contributed by atoms with Gasteiger partial charge in [0.05, 0.1) is 10.7 Å². The van der Waals surface area contributed by atoms with E-state index in [1.54, 1.807) is 6.92 Å². The summed E-state index contributed by atoms with van der Waals surface area (Å²) >= 11 is 4.90. The van der Waals surface area contributed by atoms with E-state index in [2.05, 4.69) is 0 Å². The lowest BCUT2D eigenvalue weighted by Crippen LogP contribution is -2.46. The minimum absolute atomic E-state index is 0.0468. The summed E-state index contributed by atoms with van der Waals surface area (Å²) in [4.78, 5) is 0.0468. The van der Waals surface area contributed by atoms with E-state index in [1.165, 1.54) is 4.31 Å². The lowest BCUT2D eigenvalue weighted by Gasteiger charge is -2.33.